The predicted octanol–water partition coefficient (Wildman–Crippen LogP) is 3.97. The maximum atomic E-state index is 14.4. The van der Waals surface area contributed by atoms with E-state index in [-0.39, 0.29) is 11.9 Å². The summed E-state index contributed by atoms with van der Waals surface area (Å²) in [5, 5.41) is 11.4. The molecule has 202 valence electrons. The SMILES string of the molecule is Cc1cncc2c1c(CC1CN(CC3CCOCC3)C1)cn2-c1ccc(F)cc1C(=O)N1CCC(O)C1C. The Hall–Kier alpha value is -2.81. The molecule has 8 heteroatoms. The first kappa shape index (κ1) is 25.5. The summed E-state index contributed by atoms with van der Waals surface area (Å²) in [7, 11) is 0. The third-order valence-electron chi connectivity index (χ3n) is 8.80. The van der Waals surface area contributed by atoms with Crippen molar-refractivity contribution >= 4 is 16.8 Å². The number of ether oxygens (including phenoxy) is 1. The normalized spacial score (nSPS) is 23.3. The van der Waals surface area contributed by atoms with Crippen molar-refractivity contribution in [2.75, 3.05) is 39.4 Å². The van der Waals surface area contributed by atoms with E-state index in [0.717, 1.165) is 74.5 Å². The Kier molecular flexibility index (Phi) is 6.97. The molecule has 0 radical (unpaired) electrons. The molecule has 1 N–H and O–H groups in total. The van der Waals surface area contributed by atoms with E-state index in [4.69, 9.17) is 4.74 Å². The van der Waals surface area contributed by atoms with E-state index in [1.54, 1.807) is 11.0 Å². The van der Waals surface area contributed by atoms with Gasteiger partial charge < -0.3 is 24.2 Å². The van der Waals surface area contributed by atoms with E-state index < -0.39 is 11.9 Å². The fourth-order valence-corrected chi connectivity index (χ4v) is 6.61. The lowest BCUT2D eigenvalue weighted by atomic mass is 9.89. The molecule has 0 saturated carbocycles. The summed E-state index contributed by atoms with van der Waals surface area (Å²) in [6.45, 7) is 9.52. The van der Waals surface area contributed by atoms with Gasteiger partial charge in [-0.05, 0) is 80.7 Å². The highest BCUT2D eigenvalue weighted by molar-refractivity contribution is 5.99. The van der Waals surface area contributed by atoms with Gasteiger partial charge in [0.05, 0.1) is 35.1 Å². The smallest absolute Gasteiger partial charge is 0.256 e. The molecule has 1 aromatic carbocycles. The highest BCUT2D eigenvalue weighted by Gasteiger charge is 2.35. The van der Waals surface area contributed by atoms with Crippen LogP contribution in [0.4, 0.5) is 4.39 Å². The number of hydrogen-bond acceptors (Lipinski definition) is 5. The van der Waals surface area contributed by atoms with Crippen LogP contribution in [0.3, 0.4) is 0 Å². The highest BCUT2D eigenvalue weighted by atomic mass is 19.1. The number of aryl methyl sites for hydroxylation is 1. The molecule has 38 heavy (non-hydrogen) atoms. The molecule has 3 aliphatic rings. The number of nitrogens with zero attached hydrogens (tertiary/aromatic N) is 4. The van der Waals surface area contributed by atoms with Crippen molar-refractivity contribution in [1.82, 2.24) is 19.4 Å². The first-order valence-corrected chi connectivity index (χ1v) is 13.9. The number of carbonyl (C=O) groups excluding carboxylic acids is 1. The van der Waals surface area contributed by atoms with Gasteiger partial charge in [-0.1, -0.05) is 0 Å². The molecule has 7 nitrogen and oxygen atoms in total. The van der Waals surface area contributed by atoms with Crippen LogP contribution in [0.5, 0.6) is 0 Å². The van der Waals surface area contributed by atoms with Crippen molar-refractivity contribution in [1.29, 1.82) is 0 Å². The third-order valence-corrected chi connectivity index (χ3v) is 8.80. The molecule has 2 aromatic heterocycles. The van der Waals surface area contributed by atoms with E-state index in [2.05, 4.69) is 23.0 Å². The average molecular weight is 521 g/mol. The highest BCUT2D eigenvalue weighted by Crippen LogP contribution is 2.33. The summed E-state index contributed by atoms with van der Waals surface area (Å²) in [5.74, 6) is 0.626. The van der Waals surface area contributed by atoms with Crippen molar-refractivity contribution in [2.24, 2.45) is 11.8 Å². The van der Waals surface area contributed by atoms with Gasteiger partial charge in [0, 0.05) is 57.2 Å². The molecular formula is C30H37FN4O3. The maximum absolute atomic E-state index is 14.4. The number of pyridine rings is 1. The number of aliphatic hydroxyl groups is 1. The number of benzene rings is 1. The zero-order chi connectivity index (χ0) is 26.4. The molecule has 2 atom stereocenters. The minimum atomic E-state index is -0.560. The minimum Gasteiger partial charge on any atom is -0.391 e. The fourth-order valence-electron chi connectivity index (χ4n) is 6.61. The number of likely N-dealkylation sites (tertiary alicyclic amines) is 2. The van der Waals surface area contributed by atoms with Gasteiger partial charge in [-0.3, -0.25) is 9.78 Å². The van der Waals surface area contributed by atoms with E-state index >= 15 is 0 Å². The van der Waals surface area contributed by atoms with E-state index in [1.165, 1.54) is 17.7 Å². The number of carbonyl (C=O) groups is 1. The summed E-state index contributed by atoms with van der Waals surface area (Å²) >= 11 is 0. The Morgan fingerprint density at radius 2 is 1.95 bits per heavy atom. The second-order valence-corrected chi connectivity index (χ2v) is 11.5. The third kappa shape index (κ3) is 4.74. The zero-order valence-corrected chi connectivity index (χ0v) is 22.3. The molecule has 3 saturated heterocycles. The van der Waals surface area contributed by atoms with Gasteiger partial charge in [0.2, 0.25) is 0 Å². The summed E-state index contributed by atoms with van der Waals surface area (Å²) in [6, 6.07) is 4.11. The van der Waals surface area contributed by atoms with Crippen LogP contribution in [0.1, 0.15) is 47.7 Å². The first-order chi connectivity index (χ1) is 18.4. The number of aliphatic hydroxyl groups excluding tert-OH is 1. The largest absolute Gasteiger partial charge is 0.391 e. The molecule has 6 rings (SSSR count). The van der Waals surface area contributed by atoms with Gasteiger partial charge in [0.15, 0.2) is 0 Å². The Labute approximate surface area is 223 Å². The number of fused-ring (bicyclic) bond motifs is 1. The van der Waals surface area contributed by atoms with Crippen LogP contribution in [0.2, 0.25) is 0 Å². The summed E-state index contributed by atoms with van der Waals surface area (Å²) in [4.78, 5) is 22.3. The minimum absolute atomic E-state index is 0.254. The van der Waals surface area contributed by atoms with Gasteiger partial charge >= 0.3 is 0 Å². The van der Waals surface area contributed by atoms with Crippen molar-refractivity contribution in [3.05, 3.63) is 59.3 Å². The Morgan fingerprint density at radius 1 is 1.16 bits per heavy atom. The number of halogens is 1. The lowest BCUT2D eigenvalue weighted by Gasteiger charge is -2.42. The number of rotatable bonds is 6. The molecule has 5 heterocycles. The van der Waals surface area contributed by atoms with Gasteiger partial charge in [-0.15, -0.1) is 0 Å². The van der Waals surface area contributed by atoms with E-state index in [0.29, 0.717) is 30.1 Å². The molecule has 2 unspecified atom stereocenters. The lowest BCUT2D eigenvalue weighted by molar-refractivity contribution is 0.0254. The molecule has 1 amide bonds. The summed E-state index contributed by atoms with van der Waals surface area (Å²) < 4.78 is 22.0. The molecule has 0 spiro atoms. The lowest BCUT2D eigenvalue weighted by Crippen LogP contribution is -2.49. The topological polar surface area (TPSA) is 70.8 Å². The number of aromatic nitrogens is 2. The molecule has 0 aliphatic carbocycles. The van der Waals surface area contributed by atoms with Crippen LogP contribution in [-0.4, -0.2) is 81.9 Å². The van der Waals surface area contributed by atoms with Crippen molar-refractivity contribution in [3.8, 4) is 5.69 Å². The predicted molar refractivity (Wildman–Crippen MR) is 144 cm³/mol. The van der Waals surface area contributed by atoms with Crippen LogP contribution in [-0.2, 0) is 11.2 Å². The molecular weight excluding hydrogens is 483 g/mol. The second kappa shape index (κ2) is 10.4. The van der Waals surface area contributed by atoms with Crippen LogP contribution in [0, 0.1) is 24.6 Å². The Balaban J connectivity index is 1.28. The van der Waals surface area contributed by atoms with E-state index in [9.17, 15) is 14.3 Å². The zero-order valence-electron chi connectivity index (χ0n) is 22.3. The molecule has 3 aliphatic heterocycles. The van der Waals surface area contributed by atoms with Gasteiger partial charge in [-0.25, -0.2) is 4.39 Å². The van der Waals surface area contributed by atoms with Crippen LogP contribution in [0.25, 0.3) is 16.6 Å². The Morgan fingerprint density at radius 3 is 2.68 bits per heavy atom. The van der Waals surface area contributed by atoms with Crippen LogP contribution in [0.15, 0.2) is 36.8 Å². The first-order valence-electron chi connectivity index (χ1n) is 13.9. The van der Waals surface area contributed by atoms with Gasteiger partial charge in [-0.2, -0.15) is 0 Å². The van der Waals surface area contributed by atoms with Gasteiger partial charge in [0.1, 0.15) is 5.82 Å². The Bertz CT molecular complexity index is 1330. The van der Waals surface area contributed by atoms with Crippen molar-refractivity contribution in [3.63, 3.8) is 0 Å². The monoisotopic (exact) mass is 520 g/mol. The molecule has 0 bridgehead atoms. The molecule has 3 fully saturated rings. The average Bonchev–Trinajstić information content (AvgIpc) is 3.43. The quantitative estimate of drug-likeness (QED) is 0.533. The van der Waals surface area contributed by atoms with Crippen molar-refractivity contribution in [2.45, 2.75) is 51.7 Å². The van der Waals surface area contributed by atoms with Crippen LogP contribution < -0.4 is 0 Å². The maximum Gasteiger partial charge on any atom is 0.256 e. The van der Waals surface area contributed by atoms with Crippen LogP contribution >= 0.6 is 0 Å². The number of amides is 1. The van der Waals surface area contributed by atoms with Crippen molar-refractivity contribution < 1.29 is 19.0 Å². The summed E-state index contributed by atoms with van der Waals surface area (Å²) in [5.41, 5.74) is 4.21. The summed E-state index contributed by atoms with van der Waals surface area (Å²) in [6.07, 6.45) is 9.09. The number of hydrogen-bond donors (Lipinski definition) is 1. The van der Waals surface area contributed by atoms with Gasteiger partial charge in [0.25, 0.3) is 5.91 Å². The standard InChI is InChI=1S/C30H37FN4O3/c1-19-13-32-14-27-29(19)23(11-22-16-33(17-22)15-21-6-9-38-10-7-21)18-35(27)26-4-3-24(31)12-25(26)30(37)34-8-5-28(36)20(34)2/h3-4,12-14,18,20-22,28,36H,5-11,15-17H2,1-2H3. The van der Waals surface area contributed by atoms with E-state index in [1.807, 2.05) is 23.9 Å². The molecule has 3 aromatic rings. The fraction of sp³-hybridized carbons (Fsp3) is 0.533. The second-order valence-electron chi connectivity index (χ2n) is 11.5.